The van der Waals surface area contributed by atoms with Gasteiger partial charge in [-0.05, 0) is 73.0 Å². The highest BCUT2D eigenvalue weighted by molar-refractivity contribution is 7.14. The van der Waals surface area contributed by atoms with Crippen molar-refractivity contribution in [2.75, 3.05) is 5.32 Å². The first-order chi connectivity index (χ1) is 15.1. The first kappa shape index (κ1) is 22.8. The van der Waals surface area contributed by atoms with Crippen LogP contribution in [-0.4, -0.2) is 22.4 Å². The van der Waals surface area contributed by atoms with E-state index in [4.69, 9.17) is 0 Å². The Bertz CT molecular complexity index is 1200. The molecule has 3 rings (SSSR count). The molecule has 2 aromatic carbocycles. The van der Waals surface area contributed by atoms with Crippen LogP contribution in [0.3, 0.4) is 0 Å². The summed E-state index contributed by atoms with van der Waals surface area (Å²) in [5.41, 5.74) is 2.64. The number of phenolic OH excluding ortho intramolecular Hbond substituents is 1. The van der Waals surface area contributed by atoms with E-state index in [1.807, 2.05) is 6.07 Å². The number of halogens is 3. The molecule has 0 saturated carbocycles. The number of nitrogens with one attached hydrogen (secondary N) is 1. The van der Waals surface area contributed by atoms with Crippen molar-refractivity contribution < 1.29 is 27.8 Å². The fourth-order valence-corrected chi connectivity index (χ4v) is 3.56. The summed E-state index contributed by atoms with van der Waals surface area (Å²) in [5.74, 6) is -0.863. The molecule has 1 amide bonds. The third-order valence-electron chi connectivity index (χ3n) is 4.30. The lowest BCUT2D eigenvalue weighted by atomic mass is 10.0. The molecule has 0 aliphatic heterocycles. The van der Waals surface area contributed by atoms with Gasteiger partial charge in [0.2, 0.25) is 0 Å². The number of amides is 1. The number of hydrogen-bond donors (Lipinski definition) is 2. The minimum Gasteiger partial charge on any atom is -0.507 e. The van der Waals surface area contributed by atoms with Crippen LogP contribution in [0.4, 0.5) is 18.3 Å². The molecule has 1 heterocycles. The molecule has 3 aromatic rings. The van der Waals surface area contributed by atoms with E-state index in [2.05, 4.69) is 15.0 Å². The largest absolute Gasteiger partial charge is 0.573 e. The number of nitrogens with zero attached hydrogens (tertiary/aromatic N) is 2. The third-order valence-corrected chi connectivity index (χ3v) is 5.06. The van der Waals surface area contributed by atoms with Crippen LogP contribution in [0.25, 0.3) is 17.3 Å². The number of anilines is 1. The van der Waals surface area contributed by atoms with E-state index in [0.29, 0.717) is 27.9 Å². The van der Waals surface area contributed by atoms with Crippen LogP contribution >= 0.6 is 11.3 Å². The van der Waals surface area contributed by atoms with Gasteiger partial charge in [0.05, 0.1) is 5.69 Å². The van der Waals surface area contributed by atoms with E-state index in [9.17, 15) is 28.3 Å². The summed E-state index contributed by atoms with van der Waals surface area (Å²) in [5, 5.41) is 23.6. The number of aromatic hydroxyl groups is 1. The Labute approximate surface area is 185 Å². The Balaban J connectivity index is 1.74. The van der Waals surface area contributed by atoms with Gasteiger partial charge in [-0.3, -0.25) is 10.1 Å². The minimum absolute atomic E-state index is 0.151. The third kappa shape index (κ3) is 5.65. The van der Waals surface area contributed by atoms with Crippen molar-refractivity contribution in [3.63, 3.8) is 0 Å². The number of ether oxygens (including phenoxy) is 1. The summed E-state index contributed by atoms with van der Waals surface area (Å²) in [6, 6.07) is 10.3. The maximum absolute atomic E-state index is 12.5. The number of aryl methyl sites for hydroxylation is 2. The summed E-state index contributed by atoms with van der Waals surface area (Å²) in [6.07, 6.45) is -3.37. The molecular formula is C22H16F3N3O3S. The molecule has 6 nitrogen and oxygen atoms in total. The van der Waals surface area contributed by atoms with Crippen molar-refractivity contribution in [1.82, 2.24) is 4.98 Å². The van der Waals surface area contributed by atoms with Crippen molar-refractivity contribution in [3.05, 3.63) is 64.0 Å². The Morgan fingerprint density at radius 1 is 1.22 bits per heavy atom. The summed E-state index contributed by atoms with van der Waals surface area (Å²) in [7, 11) is 0. The van der Waals surface area contributed by atoms with Gasteiger partial charge >= 0.3 is 6.36 Å². The molecular weight excluding hydrogens is 443 g/mol. The number of nitriles is 1. The SMILES string of the molecule is Cc1cc(/C=C(\C#N)C(=O)Nc2nc(-c3ccc(OC(F)(F)F)cc3)cs2)cc(C)c1O. The second-order valence-electron chi connectivity index (χ2n) is 6.74. The number of carbonyl (C=O) groups is 1. The van der Waals surface area contributed by atoms with Crippen molar-refractivity contribution >= 4 is 28.5 Å². The first-order valence-electron chi connectivity index (χ1n) is 9.11. The zero-order chi connectivity index (χ0) is 23.5. The number of benzene rings is 2. The Morgan fingerprint density at radius 3 is 2.41 bits per heavy atom. The molecule has 10 heteroatoms. The number of carbonyl (C=O) groups excluding carboxylic acids is 1. The molecule has 0 fully saturated rings. The summed E-state index contributed by atoms with van der Waals surface area (Å²) >= 11 is 1.10. The normalized spacial score (nSPS) is 11.7. The predicted molar refractivity (Wildman–Crippen MR) is 114 cm³/mol. The van der Waals surface area contributed by atoms with Gasteiger partial charge in [0.1, 0.15) is 23.1 Å². The fraction of sp³-hybridized carbons (Fsp3) is 0.136. The quantitative estimate of drug-likeness (QED) is 0.384. The topological polar surface area (TPSA) is 95.2 Å². The van der Waals surface area contributed by atoms with E-state index >= 15 is 0 Å². The highest BCUT2D eigenvalue weighted by Crippen LogP contribution is 2.29. The van der Waals surface area contributed by atoms with Crippen molar-refractivity contribution in [1.29, 1.82) is 5.26 Å². The summed E-state index contributed by atoms with van der Waals surface area (Å²) in [6.45, 7) is 3.43. The van der Waals surface area contributed by atoms with E-state index in [1.54, 1.807) is 31.4 Å². The van der Waals surface area contributed by atoms with Crippen molar-refractivity contribution in [2.45, 2.75) is 20.2 Å². The molecule has 0 unspecified atom stereocenters. The van der Waals surface area contributed by atoms with E-state index in [-0.39, 0.29) is 22.2 Å². The average Bonchev–Trinajstić information content (AvgIpc) is 3.17. The van der Waals surface area contributed by atoms with Gasteiger partial charge in [0.15, 0.2) is 5.13 Å². The zero-order valence-electron chi connectivity index (χ0n) is 16.8. The number of hydrogen-bond acceptors (Lipinski definition) is 6. The van der Waals surface area contributed by atoms with Gasteiger partial charge in [0.25, 0.3) is 5.91 Å². The number of rotatable bonds is 5. The van der Waals surface area contributed by atoms with Crippen molar-refractivity contribution in [3.8, 4) is 28.8 Å². The highest BCUT2D eigenvalue weighted by Gasteiger charge is 2.31. The lowest BCUT2D eigenvalue weighted by molar-refractivity contribution is -0.274. The monoisotopic (exact) mass is 459 g/mol. The molecule has 0 spiro atoms. The van der Waals surface area contributed by atoms with Gasteiger partial charge in [-0.15, -0.1) is 24.5 Å². The second kappa shape index (κ2) is 9.11. The van der Waals surface area contributed by atoms with Gasteiger partial charge in [0, 0.05) is 10.9 Å². The molecule has 2 N–H and O–H groups in total. The molecule has 0 radical (unpaired) electrons. The van der Waals surface area contributed by atoms with Gasteiger partial charge in [-0.25, -0.2) is 4.98 Å². The predicted octanol–water partition coefficient (Wildman–Crippen LogP) is 5.58. The number of phenols is 1. The Morgan fingerprint density at radius 2 is 1.84 bits per heavy atom. The molecule has 0 saturated heterocycles. The van der Waals surface area contributed by atoms with Crippen molar-refractivity contribution in [2.24, 2.45) is 0 Å². The maximum atomic E-state index is 12.5. The number of alkyl halides is 3. The van der Waals surface area contributed by atoms with Gasteiger partial charge in [-0.1, -0.05) is 0 Å². The molecule has 0 aliphatic rings. The second-order valence-corrected chi connectivity index (χ2v) is 7.60. The molecule has 0 aliphatic carbocycles. The van der Waals surface area contributed by atoms with Crippen LogP contribution in [0.2, 0.25) is 0 Å². The van der Waals surface area contributed by atoms with Crippen LogP contribution in [0.5, 0.6) is 11.5 Å². The van der Waals surface area contributed by atoms with Gasteiger partial charge < -0.3 is 9.84 Å². The maximum Gasteiger partial charge on any atom is 0.573 e. The highest BCUT2D eigenvalue weighted by atomic mass is 32.1. The lowest BCUT2D eigenvalue weighted by Gasteiger charge is -2.08. The Hall–Kier alpha value is -3.84. The molecule has 0 bridgehead atoms. The van der Waals surface area contributed by atoms with Crippen LogP contribution < -0.4 is 10.1 Å². The smallest absolute Gasteiger partial charge is 0.507 e. The Kier molecular flexibility index (Phi) is 6.50. The van der Waals surface area contributed by atoms with Crippen LogP contribution in [0.1, 0.15) is 16.7 Å². The molecule has 1 aromatic heterocycles. The van der Waals surface area contributed by atoms with Crippen LogP contribution in [-0.2, 0) is 4.79 Å². The first-order valence-corrected chi connectivity index (χ1v) is 9.99. The average molecular weight is 459 g/mol. The molecule has 0 atom stereocenters. The molecule has 32 heavy (non-hydrogen) atoms. The molecule has 164 valence electrons. The summed E-state index contributed by atoms with van der Waals surface area (Å²) in [4.78, 5) is 16.7. The summed E-state index contributed by atoms with van der Waals surface area (Å²) < 4.78 is 40.6. The van der Waals surface area contributed by atoms with E-state index < -0.39 is 12.3 Å². The zero-order valence-corrected chi connectivity index (χ0v) is 17.6. The van der Waals surface area contributed by atoms with E-state index in [1.165, 1.54) is 30.3 Å². The number of thiazole rings is 1. The standard InChI is InChI=1S/C22H16F3N3O3S/c1-12-7-14(8-13(2)19(12)29)9-16(10-26)20(30)28-21-27-18(11-32-21)15-3-5-17(6-4-15)31-22(23,24)25/h3-9,11,29H,1-2H3,(H,27,28,30)/b16-9+. The van der Waals surface area contributed by atoms with Crippen LogP contribution in [0.15, 0.2) is 47.4 Å². The van der Waals surface area contributed by atoms with Crippen LogP contribution in [0, 0.1) is 25.2 Å². The number of aromatic nitrogens is 1. The fourth-order valence-electron chi connectivity index (χ4n) is 2.84. The van der Waals surface area contributed by atoms with Gasteiger partial charge in [-0.2, -0.15) is 5.26 Å². The lowest BCUT2D eigenvalue weighted by Crippen LogP contribution is -2.16. The minimum atomic E-state index is -4.77. The van der Waals surface area contributed by atoms with E-state index in [0.717, 1.165) is 11.3 Å².